The van der Waals surface area contributed by atoms with Crippen molar-refractivity contribution >= 4 is 5.97 Å². The lowest BCUT2D eigenvalue weighted by Gasteiger charge is -2.07. The first-order chi connectivity index (χ1) is 9.01. The number of rotatable bonds is 6. The number of H-pyrrole nitrogens is 1. The lowest BCUT2D eigenvalue weighted by Crippen LogP contribution is -2.52. The first kappa shape index (κ1) is 14.7. The van der Waals surface area contributed by atoms with Crippen LogP contribution in [0.25, 0.3) is 0 Å². The van der Waals surface area contributed by atoms with E-state index in [1.165, 1.54) is 0 Å². The zero-order valence-electron chi connectivity index (χ0n) is 10.5. The van der Waals surface area contributed by atoms with Gasteiger partial charge >= 0.3 is 23.0 Å². The lowest BCUT2D eigenvalue weighted by molar-refractivity contribution is -0.139. The Morgan fingerprint density at radius 1 is 1.32 bits per heavy atom. The van der Waals surface area contributed by atoms with Gasteiger partial charge in [-0.25, -0.2) is 23.7 Å². The van der Waals surface area contributed by atoms with E-state index < -0.39 is 23.0 Å². The van der Waals surface area contributed by atoms with Gasteiger partial charge in [0.15, 0.2) is 0 Å². The molecule has 0 amide bonds. The van der Waals surface area contributed by atoms with Crippen LogP contribution < -0.4 is 21.9 Å². The highest BCUT2D eigenvalue weighted by atomic mass is 16.7. The normalized spacial score (nSPS) is 10.2. The van der Waals surface area contributed by atoms with Gasteiger partial charge in [-0.15, -0.1) is 0 Å². The van der Waals surface area contributed by atoms with Gasteiger partial charge in [0, 0.05) is 12.6 Å². The molecule has 1 aromatic rings. The van der Waals surface area contributed by atoms with Crippen LogP contribution >= 0.6 is 0 Å². The topological polar surface area (TPSA) is 103 Å². The molecule has 1 heterocycles. The molecule has 0 radical (unpaired) electrons. The summed E-state index contributed by atoms with van der Waals surface area (Å²) in [7, 11) is 0. The maximum atomic E-state index is 11.9. The van der Waals surface area contributed by atoms with E-state index in [1.807, 2.05) is 11.9 Å². The van der Waals surface area contributed by atoms with Crippen molar-refractivity contribution in [3.8, 4) is 0 Å². The van der Waals surface area contributed by atoms with E-state index in [0.717, 1.165) is 23.5 Å². The summed E-state index contributed by atoms with van der Waals surface area (Å²) in [6.07, 6.45) is 3.15. The Labute approximate surface area is 107 Å². The lowest BCUT2D eigenvalue weighted by atomic mass is 10.2. The summed E-state index contributed by atoms with van der Waals surface area (Å²) in [4.78, 5) is 52.1. The second-order valence-electron chi connectivity index (χ2n) is 3.79. The van der Waals surface area contributed by atoms with Crippen LogP contribution in [0.5, 0.6) is 0 Å². The van der Waals surface area contributed by atoms with E-state index in [2.05, 4.69) is 11.4 Å². The first-order valence-corrected chi connectivity index (χ1v) is 5.82. The van der Waals surface area contributed by atoms with Gasteiger partial charge in [0.25, 0.3) is 0 Å². The molecule has 0 spiro atoms. The molecule has 8 heteroatoms. The quantitative estimate of drug-likeness (QED) is 0.528. The number of carbonyl (C=O) groups excluding carboxylic acids is 1. The smallest absolute Gasteiger partial charge is 0.322 e. The number of aromatic nitrogens is 3. The molecule has 0 aliphatic carbocycles. The van der Waals surface area contributed by atoms with Gasteiger partial charge in [0.05, 0.1) is 0 Å². The summed E-state index contributed by atoms with van der Waals surface area (Å²) in [5.41, 5.74) is -2.91. The number of carbonyl (C=O) groups is 1. The summed E-state index contributed by atoms with van der Waals surface area (Å²) in [6, 6.07) is 0. The third-order valence-corrected chi connectivity index (χ3v) is 2.38. The highest BCUT2D eigenvalue weighted by Gasteiger charge is 2.12. The number of hydrogen-bond acceptors (Lipinski definition) is 5. The molecule has 0 bridgehead atoms. The standard InChI is InChI=1S/C11H15N3O5/c1-3-5-6-7-13-9(16)12-10(17)14(11(13)18)19-8(15)4-2/h4H,2-3,5-7H2,1H3,(H,12,16,17). The number of nitrogens with zero attached hydrogens (tertiary/aromatic N) is 2. The Morgan fingerprint density at radius 3 is 2.58 bits per heavy atom. The van der Waals surface area contributed by atoms with Crippen LogP contribution in [0.15, 0.2) is 27.0 Å². The average molecular weight is 269 g/mol. The molecule has 1 aromatic heterocycles. The largest absolute Gasteiger partial charge is 0.370 e. The van der Waals surface area contributed by atoms with Crippen LogP contribution in [0.1, 0.15) is 26.2 Å². The Bertz CT molecular complexity index is 637. The van der Waals surface area contributed by atoms with Crippen molar-refractivity contribution in [3.63, 3.8) is 0 Å². The molecule has 1 N–H and O–H groups in total. The van der Waals surface area contributed by atoms with E-state index in [-0.39, 0.29) is 11.3 Å². The molecule has 19 heavy (non-hydrogen) atoms. The predicted octanol–water partition coefficient (Wildman–Crippen LogP) is -0.970. The molecule has 0 aromatic carbocycles. The van der Waals surface area contributed by atoms with Crippen LogP contribution in [0.2, 0.25) is 0 Å². The van der Waals surface area contributed by atoms with Crippen molar-refractivity contribution in [2.45, 2.75) is 32.7 Å². The van der Waals surface area contributed by atoms with Gasteiger partial charge in [0.2, 0.25) is 0 Å². The van der Waals surface area contributed by atoms with Gasteiger partial charge in [-0.3, -0.25) is 4.98 Å². The zero-order chi connectivity index (χ0) is 14.4. The minimum Gasteiger partial charge on any atom is -0.322 e. The fourth-order valence-electron chi connectivity index (χ4n) is 1.42. The van der Waals surface area contributed by atoms with Gasteiger partial charge in [0.1, 0.15) is 0 Å². The number of hydrogen-bond donors (Lipinski definition) is 1. The van der Waals surface area contributed by atoms with E-state index in [0.29, 0.717) is 6.42 Å². The van der Waals surface area contributed by atoms with Crippen LogP contribution in [0.3, 0.4) is 0 Å². The summed E-state index contributed by atoms with van der Waals surface area (Å²) in [5.74, 6) is -0.966. The molecule has 0 unspecified atom stereocenters. The Balaban J connectivity index is 3.19. The molecule has 0 fully saturated rings. The van der Waals surface area contributed by atoms with Gasteiger partial charge in [-0.2, -0.15) is 0 Å². The summed E-state index contributed by atoms with van der Waals surface area (Å²) < 4.78 is 1.02. The van der Waals surface area contributed by atoms with Crippen molar-refractivity contribution in [3.05, 3.63) is 44.1 Å². The molecule has 0 aliphatic rings. The fraction of sp³-hybridized carbons (Fsp3) is 0.455. The molecule has 1 rings (SSSR count). The van der Waals surface area contributed by atoms with Gasteiger partial charge in [-0.05, 0) is 6.42 Å². The second kappa shape index (κ2) is 6.53. The molecule has 0 atom stereocenters. The Kier molecular flexibility index (Phi) is 5.04. The highest BCUT2D eigenvalue weighted by Crippen LogP contribution is 1.93. The first-order valence-electron chi connectivity index (χ1n) is 5.82. The van der Waals surface area contributed by atoms with Crippen LogP contribution in [-0.4, -0.2) is 20.3 Å². The van der Waals surface area contributed by atoms with Crippen LogP contribution in [0, 0.1) is 0 Å². The van der Waals surface area contributed by atoms with E-state index in [9.17, 15) is 19.2 Å². The van der Waals surface area contributed by atoms with Crippen LogP contribution in [0.4, 0.5) is 0 Å². The minimum atomic E-state index is -1.10. The second-order valence-corrected chi connectivity index (χ2v) is 3.79. The van der Waals surface area contributed by atoms with Crippen molar-refractivity contribution in [1.82, 2.24) is 14.3 Å². The molecule has 0 aliphatic heterocycles. The molecule has 8 nitrogen and oxygen atoms in total. The van der Waals surface area contributed by atoms with Crippen LogP contribution in [-0.2, 0) is 11.3 Å². The predicted molar refractivity (Wildman–Crippen MR) is 66.9 cm³/mol. The monoisotopic (exact) mass is 269 g/mol. The zero-order valence-corrected chi connectivity index (χ0v) is 10.5. The average Bonchev–Trinajstić information content (AvgIpc) is 2.38. The van der Waals surface area contributed by atoms with Gasteiger partial charge in [-0.1, -0.05) is 31.1 Å². The van der Waals surface area contributed by atoms with E-state index >= 15 is 0 Å². The molecule has 0 saturated carbocycles. The van der Waals surface area contributed by atoms with Crippen molar-refractivity contribution < 1.29 is 9.63 Å². The van der Waals surface area contributed by atoms with E-state index in [4.69, 9.17) is 0 Å². The number of aromatic amines is 1. The molecule has 104 valence electrons. The summed E-state index contributed by atoms with van der Waals surface area (Å²) in [5, 5.41) is 0. The van der Waals surface area contributed by atoms with Crippen molar-refractivity contribution in [1.29, 1.82) is 0 Å². The third-order valence-electron chi connectivity index (χ3n) is 2.38. The Morgan fingerprint density at radius 2 is 2.00 bits per heavy atom. The Hall–Kier alpha value is -2.38. The van der Waals surface area contributed by atoms with Crippen molar-refractivity contribution in [2.75, 3.05) is 0 Å². The molecular weight excluding hydrogens is 254 g/mol. The maximum Gasteiger partial charge on any atom is 0.370 e. The minimum absolute atomic E-state index is 0.147. The van der Waals surface area contributed by atoms with Crippen molar-refractivity contribution in [2.24, 2.45) is 0 Å². The van der Waals surface area contributed by atoms with E-state index in [1.54, 1.807) is 0 Å². The summed E-state index contributed by atoms with van der Waals surface area (Å²) in [6.45, 7) is 5.26. The maximum absolute atomic E-state index is 11.9. The fourth-order valence-corrected chi connectivity index (χ4v) is 1.42. The molecule has 0 saturated heterocycles. The highest BCUT2D eigenvalue weighted by molar-refractivity contribution is 5.81. The molecular formula is C11H15N3O5. The SMILES string of the molecule is C=CC(=O)On1c(=O)[nH]c(=O)n(CCCCC)c1=O. The van der Waals surface area contributed by atoms with Gasteiger partial charge < -0.3 is 4.84 Å². The summed E-state index contributed by atoms with van der Waals surface area (Å²) >= 11 is 0. The third kappa shape index (κ3) is 3.54. The number of unbranched alkanes of at least 4 members (excludes halogenated alkanes) is 2. The number of nitrogens with one attached hydrogen (secondary N) is 1.